The maximum absolute atomic E-state index is 12.1. The van der Waals surface area contributed by atoms with Crippen molar-refractivity contribution in [1.82, 2.24) is 5.32 Å². The number of aryl methyl sites for hydroxylation is 1. The lowest BCUT2D eigenvalue weighted by Gasteiger charge is -2.19. The van der Waals surface area contributed by atoms with E-state index in [-0.39, 0.29) is 17.4 Å². The van der Waals surface area contributed by atoms with Crippen LogP contribution in [0.4, 0.5) is 0 Å². The molecule has 2 rings (SSSR count). The third kappa shape index (κ3) is 5.24. The summed E-state index contributed by atoms with van der Waals surface area (Å²) in [6, 6.07) is 18.7. The van der Waals surface area contributed by atoms with Crippen molar-refractivity contribution < 1.29 is 4.79 Å². The molecule has 0 radical (unpaired) electrons. The van der Waals surface area contributed by atoms with E-state index in [1.165, 1.54) is 11.1 Å². The van der Waals surface area contributed by atoms with E-state index in [1.54, 1.807) is 0 Å². The highest BCUT2D eigenvalue weighted by atomic mass is 16.1. The zero-order chi connectivity index (χ0) is 16.9. The second kappa shape index (κ2) is 7.45. The Bertz CT molecular complexity index is 623. The highest BCUT2D eigenvalue weighted by Crippen LogP contribution is 2.22. The van der Waals surface area contributed by atoms with E-state index in [0.29, 0.717) is 6.42 Å². The molecule has 0 heterocycles. The first-order chi connectivity index (χ1) is 10.9. The Morgan fingerprint density at radius 3 is 2.17 bits per heavy atom. The van der Waals surface area contributed by atoms with E-state index < -0.39 is 0 Å². The molecule has 0 saturated carbocycles. The van der Waals surface area contributed by atoms with Crippen LogP contribution in [0, 0.1) is 0 Å². The van der Waals surface area contributed by atoms with Crippen LogP contribution in [0.25, 0.3) is 0 Å². The molecule has 0 fully saturated rings. The van der Waals surface area contributed by atoms with Gasteiger partial charge in [-0.25, -0.2) is 0 Å². The summed E-state index contributed by atoms with van der Waals surface area (Å²) in [5, 5.41) is 3.06. The largest absolute Gasteiger partial charge is 0.350 e. The summed E-state index contributed by atoms with van der Waals surface area (Å²) in [5.74, 6) is 0.0984. The van der Waals surface area contributed by atoms with Crippen molar-refractivity contribution in [3.05, 3.63) is 71.3 Å². The van der Waals surface area contributed by atoms with E-state index in [9.17, 15) is 4.79 Å². The maximum Gasteiger partial charge on any atom is 0.220 e. The Kier molecular flexibility index (Phi) is 5.59. The first kappa shape index (κ1) is 17.3. The monoisotopic (exact) mass is 309 g/mol. The molecule has 2 nitrogen and oxygen atoms in total. The van der Waals surface area contributed by atoms with E-state index >= 15 is 0 Å². The van der Waals surface area contributed by atoms with Crippen LogP contribution in [0.2, 0.25) is 0 Å². The summed E-state index contributed by atoms with van der Waals surface area (Å²) < 4.78 is 0. The lowest BCUT2D eigenvalue weighted by molar-refractivity contribution is -0.121. The highest BCUT2D eigenvalue weighted by Gasteiger charge is 2.13. The minimum Gasteiger partial charge on any atom is -0.350 e. The van der Waals surface area contributed by atoms with Crippen LogP contribution in [0.3, 0.4) is 0 Å². The maximum atomic E-state index is 12.1. The topological polar surface area (TPSA) is 29.1 Å². The Labute approximate surface area is 139 Å². The number of hydrogen-bond donors (Lipinski definition) is 1. The number of carbonyl (C=O) groups excluding carboxylic acids is 1. The molecule has 2 heteroatoms. The summed E-state index contributed by atoms with van der Waals surface area (Å²) in [7, 11) is 0. The van der Waals surface area contributed by atoms with E-state index in [2.05, 4.69) is 50.4 Å². The van der Waals surface area contributed by atoms with Crippen molar-refractivity contribution in [2.45, 2.75) is 52.0 Å². The van der Waals surface area contributed by atoms with E-state index in [0.717, 1.165) is 12.0 Å². The van der Waals surface area contributed by atoms with Crippen LogP contribution in [-0.4, -0.2) is 5.91 Å². The zero-order valence-electron chi connectivity index (χ0n) is 14.6. The number of rotatable bonds is 5. The lowest BCUT2D eigenvalue weighted by atomic mass is 9.86. The van der Waals surface area contributed by atoms with Crippen LogP contribution in [-0.2, 0) is 16.6 Å². The van der Waals surface area contributed by atoms with E-state index in [1.807, 2.05) is 37.3 Å². The zero-order valence-corrected chi connectivity index (χ0v) is 14.6. The van der Waals surface area contributed by atoms with Gasteiger partial charge in [-0.1, -0.05) is 75.4 Å². The summed E-state index contributed by atoms with van der Waals surface area (Å²) >= 11 is 0. The van der Waals surface area contributed by atoms with Gasteiger partial charge in [0.2, 0.25) is 5.91 Å². The van der Waals surface area contributed by atoms with Crippen LogP contribution < -0.4 is 5.32 Å². The average molecular weight is 309 g/mol. The molecule has 0 aliphatic heterocycles. The molecule has 0 bridgehead atoms. The molecule has 1 unspecified atom stereocenters. The molecule has 0 aromatic heterocycles. The quantitative estimate of drug-likeness (QED) is 0.845. The Balaban J connectivity index is 1.85. The van der Waals surface area contributed by atoms with Crippen molar-refractivity contribution in [3.8, 4) is 0 Å². The third-order valence-corrected chi connectivity index (χ3v) is 4.14. The first-order valence-electron chi connectivity index (χ1n) is 8.30. The number of nitrogens with one attached hydrogen (secondary N) is 1. The molecule has 2 aromatic rings. The van der Waals surface area contributed by atoms with Gasteiger partial charge in [0.15, 0.2) is 0 Å². The van der Waals surface area contributed by atoms with Gasteiger partial charge >= 0.3 is 0 Å². The molecule has 122 valence electrons. The van der Waals surface area contributed by atoms with Crippen LogP contribution in [0.15, 0.2) is 54.6 Å². The second-order valence-corrected chi connectivity index (χ2v) is 7.15. The predicted molar refractivity (Wildman–Crippen MR) is 96.5 cm³/mol. The number of carbonyl (C=O) groups is 1. The van der Waals surface area contributed by atoms with Gasteiger partial charge in [0.1, 0.15) is 0 Å². The van der Waals surface area contributed by atoms with Crippen molar-refractivity contribution >= 4 is 5.91 Å². The molecule has 0 saturated heterocycles. The van der Waals surface area contributed by atoms with Gasteiger partial charge in [-0.15, -0.1) is 0 Å². The molecule has 1 N–H and O–H groups in total. The summed E-state index contributed by atoms with van der Waals surface area (Å²) in [5.41, 5.74) is 3.83. The van der Waals surface area contributed by atoms with Crippen molar-refractivity contribution in [2.75, 3.05) is 0 Å². The Morgan fingerprint density at radius 1 is 1.00 bits per heavy atom. The normalized spacial score (nSPS) is 12.7. The molecule has 1 atom stereocenters. The van der Waals surface area contributed by atoms with Gasteiger partial charge in [-0.05, 0) is 35.4 Å². The van der Waals surface area contributed by atoms with Gasteiger partial charge < -0.3 is 5.32 Å². The second-order valence-electron chi connectivity index (χ2n) is 7.15. The molecular formula is C21H27NO. The van der Waals surface area contributed by atoms with Gasteiger partial charge in [-0.2, -0.15) is 0 Å². The van der Waals surface area contributed by atoms with Gasteiger partial charge in [-0.3, -0.25) is 4.79 Å². The predicted octanol–water partition coefficient (Wildman–Crippen LogP) is 4.79. The smallest absolute Gasteiger partial charge is 0.220 e. The van der Waals surface area contributed by atoms with Crippen molar-refractivity contribution in [3.63, 3.8) is 0 Å². The molecule has 1 amide bonds. The Morgan fingerprint density at radius 2 is 1.61 bits per heavy atom. The van der Waals surface area contributed by atoms with Crippen LogP contribution in [0.5, 0.6) is 0 Å². The van der Waals surface area contributed by atoms with Gasteiger partial charge in [0.05, 0.1) is 6.04 Å². The third-order valence-electron chi connectivity index (χ3n) is 4.14. The average Bonchev–Trinajstić information content (AvgIpc) is 2.53. The minimum atomic E-state index is 0.0481. The number of benzene rings is 2. The summed E-state index contributed by atoms with van der Waals surface area (Å²) in [6.07, 6.45) is 1.30. The number of hydrogen-bond acceptors (Lipinski definition) is 1. The Hall–Kier alpha value is -2.09. The van der Waals surface area contributed by atoms with Gasteiger partial charge in [0.25, 0.3) is 0 Å². The van der Waals surface area contributed by atoms with Gasteiger partial charge in [0, 0.05) is 6.42 Å². The fourth-order valence-corrected chi connectivity index (χ4v) is 2.57. The minimum absolute atomic E-state index is 0.0481. The molecule has 0 spiro atoms. The van der Waals surface area contributed by atoms with Crippen molar-refractivity contribution in [2.24, 2.45) is 0 Å². The lowest BCUT2D eigenvalue weighted by Crippen LogP contribution is -2.26. The fourth-order valence-electron chi connectivity index (χ4n) is 2.57. The van der Waals surface area contributed by atoms with Crippen LogP contribution in [0.1, 0.15) is 56.8 Å². The van der Waals surface area contributed by atoms with E-state index in [4.69, 9.17) is 0 Å². The summed E-state index contributed by atoms with van der Waals surface area (Å²) in [6.45, 7) is 8.65. The highest BCUT2D eigenvalue weighted by molar-refractivity contribution is 5.76. The standard InChI is InChI=1S/C21H27NO/c1-16(18-8-6-5-7-9-18)22-20(23)15-12-17-10-13-19(14-11-17)21(2,3)4/h5-11,13-14,16H,12,15H2,1-4H3,(H,22,23). The summed E-state index contributed by atoms with van der Waals surface area (Å²) in [4.78, 5) is 12.1. The van der Waals surface area contributed by atoms with Crippen molar-refractivity contribution in [1.29, 1.82) is 0 Å². The molecule has 2 aromatic carbocycles. The molecule has 0 aliphatic rings. The SMILES string of the molecule is CC(NC(=O)CCc1ccc(C(C)(C)C)cc1)c1ccccc1. The fraction of sp³-hybridized carbons (Fsp3) is 0.381. The molecular weight excluding hydrogens is 282 g/mol. The first-order valence-corrected chi connectivity index (χ1v) is 8.30. The van der Waals surface area contributed by atoms with Crippen LogP contribution >= 0.6 is 0 Å². The number of amides is 1. The molecule has 23 heavy (non-hydrogen) atoms. The molecule has 0 aliphatic carbocycles.